The Kier molecular flexibility index (Phi) is 12.0. The number of aliphatic hydroxyl groups excluding tert-OH is 1. The van der Waals surface area contributed by atoms with Crippen molar-refractivity contribution in [3.05, 3.63) is 104 Å². The molecule has 0 unspecified atom stereocenters. The van der Waals surface area contributed by atoms with Crippen molar-refractivity contribution in [1.29, 1.82) is 0 Å². The number of rotatable bonds is 14. The number of amides is 1. The highest BCUT2D eigenvalue weighted by Crippen LogP contribution is 2.51. The molecule has 1 aliphatic heterocycles. The van der Waals surface area contributed by atoms with Crippen LogP contribution in [0.5, 0.6) is 0 Å². The molecule has 0 spiro atoms. The Bertz CT molecular complexity index is 2920. The SMILES string of the molecule is Cn1nc(NS(C)(=O)=O)c2c(Cl)ccc(-n3c([C@H](Cc4cc(F)cc(F)c4)NC(=O)Cn4nc(C(F)F)c([C@H]5C[C@H]5CF)c4CF)nc4cc(N5CCC(O)CC5)ccc4c3=O)c21. The molecule has 63 heavy (non-hydrogen) atoms. The van der Waals surface area contributed by atoms with E-state index in [1.807, 2.05) is 4.90 Å². The number of nitrogens with zero attached hydrogens (tertiary/aromatic N) is 7. The lowest BCUT2D eigenvalue weighted by atomic mass is 10.0. The summed E-state index contributed by atoms with van der Waals surface area (Å²) in [5.41, 5.74) is -1.00. The monoisotopic (exact) mass is 919 g/mol. The minimum absolute atomic E-state index is 0.00227. The van der Waals surface area contributed by atoms with Crippen molar-refractivity contribution >= 4 is 60.8 Å². The van der Waals surface area contributed by atoms with E-state index in [2.05, 4.69) is 20.2 Å². The number of benzene rings is 3. The number of carbonyl (C=O) groups is 1. The largest absolute Gasteiger partial charge is 0.393 e. The maximum Gasteiger partial charge on any atom is 0.282 e. The van der Waals surface area contributed by atoms with Crippen LogP contribution in [0.2, 0.25) is 5.02 Å². The molecule has 0 bridgehead atoms. The van der Waals surface area contributed by atoms with Crippen molar-refractivity contribution in [3.63, 3.8) is 0 Å². The molecular formula is C41H40ClF6N9O5S. The summed E-state index contributed by atoms with van der Waals surface area (Å²) in [5, 5.41) is 21.3. The standard InChI is InChI=1S/C41H40ClF6N9O5S/c1-54-37-31(6-5-28(42)35(37)39(52-54)53-63(2,61)62)57-40(50-29-16-24(3-4-26(29)41(57)60)55-9-7-25(58)8-10-55)30(13-20-11-22(45)15-23(46)12-20)49-33(59)19-56-32(18-44)34(27-14-21(27)17-43)36(51-56)38(47)48/h3-6,11-12,15-16,21,25,27,30,38,58H,7-10,13-14,17-19H2,1-2H3,(H,49,59)(H,52,53)/t21-,27-,30-/m0/s1. The highest BCUT2D eigenvalue weighted by atomic mass is 35.5. The molecule has 1 saturated heterocycles. The molecule has 2 fully saturated rings. The Morgan fingerprint density at radius 3 is 2.38 bits per heavy atom. The van der Waals surface area contributed by atoms with E-state index in [1.165, 1.54) is 23.9 Å². The second kappa shape index (κ2) is 17.1. The third-order valence-electron chi connectivity index (χ3n) is 11.4. The van der Waals surface area contributed by atoms with Crippen LogP contribution >= 0.6 is 11.6 Å². The first-order chi connectivity index (χ1) is 29.9. The number of hydrogen-bond acceptors (Lipinski definition) is 9. The number of carbonyl (C=O) groups excluding carboxylic acids is 1. The maximum atomic E-state index is 15.0. The van der Waals surface area contributed by atoms with Crippen molar-refractivity contribution in [2.24, 2.45) is 13.0 Å². The van der Waals surface area contributed by atoms with Crippen LogP contribution < -0.4 is 20.5 Å². The highest BCUT2D eigenvalue weighted by Gasteiger charge is 2.44. The molecule has 22 heteroatoms. The van der Waals surface area contributed by atoms with Crippen molar-refractivity contribution in [2.45, 2.75) is 63.4 Å². The molecule has 4 heterocycles. The van der Waals surface area contributed by atoms with Gasteiger partial charge in [-0.25, -0.2) is 35.4 Å². The summed E-state index contributed by atoms with van der Waals surface area (Å²) in [6.07, 6.45) is -1.99. The molecule has 3 atom stereocenters. The van der Waals surface area contributed by atoms with Gasteiger partial charge in [0.15, 0.2) is 5.82 Å². The first-order valence-electron chi connectivity index (χ1n) is 19.8. The molecule has 3 aromatic carbocycles. The average molecular weight is 920 g/mol. The molecular weight excluding hydrogens is 880 g/mol. The molecule has 2 aliphatic rings. The minimum atomic E-state index is -3.90. The molecule has 14 nitrogen and oxygen atoms in total. The first kappa shape index (κ1) is 44.0. The predicted molar refractivity (Wildman–Crippen MR) is 222 cm³/mol. The smallest absolute Gasteiger partial charge is 0.282 e. The molecule has 3 N–H and O–H groups in total. The number of sulfonamides is 1. The van der Waals surface area contributed by atoms with E-state index in [0.29, 0.717) is 37.7 Å². The molecule has 1 aliphatic carbocycles. The zero-order chi connectivity index (χ0) is 45.1. The Balaban J connectivity index is 1.32. The second-order valence-corrected chi connectivity index (χ2v) is 18.0. The lowest BCUT2D eigenvalue weighted by molar-refractivity contribution is -0.122. The van der Waals surface area contributed by atoms with Crippen LogP contribution in [0.1, 0.15) is 66.0 Å². The summed E-state index contributed by atoms with van der Waals surface area (Å²) in [5.74, 6) is -4.58. The summed E-state index contributed by atoms with van der Waals surface area (Å²) >= 11 is 6.64. The molecule has 334 valence electrons. The van der Waals surface area contributed by atoms with E-state index in [1.54, 1.807) is 18.2 Å². The van der Waals surface area contributed by atoms with Gasteiger partial charge < -0.3 is 15.3 Å². The molecule has 6 aromatic rings. The van der Waals surface area contributed by atoms with Gasteiger partial charge in [0, 0.05) is 43.9 Å². The van der Waals surface area contributed by atoms with Crippen LogP contribution in [-0.4, -0.2) is 80.7 Å². The normalized spacial score (nSPS) is 17.5. The summed E-state index contributed by atoms with van der Waals surface area (Å²) in [7, 11) is -2.43. The van der Waals surface area contributed by atoms with Crippen molar-refractivity contribution in [2.75, 3.05) is 35.6 Å². The second-order valence-electron chi connectivity index (χ2n) is 15.9. The zero-order valence-corrected chi connectivity index (χ0v) is 35.2. The Hall–Kier alpha value is -5.67. The van der Waals surface area contributed by atoms with E-state index >= 15 is 4.79 Å². The number of fused-ring (bicyclic) bond motifs is 2. The molecule has 1 amide bonds. The first-order valence-corrected chi connectivity index (χ1v) is 22.1. The van der Waals surface area contributed by atoms with Crippen LogP contribution in [-0.2, 0) is 41.5 Å². The van der Waals surface area contributed by atoms with Crippen LogP contribution in [0, 0.1) is 17.6 Å². The van der Waals surface area contributed by atoms with Gasteiger partial charge in [-0.05, 0) is 79.1 Å². The van der Waals surface area contributed by atoms with Crippen LogP contribution in [0.4, 0.5) is 37.8 Å². The Morgan fingerprint density at radius 1 is 1.03 bits per heavy atom. The molecule has 3 aromatic heterocycles. The number of nitrogens with one attached hydrogen (secondary N) is 2. The molecule has 1 saturated carbocycles. The number of aromatic nitrogens is 6. The Morgan fingerprint density at radius 2 is 1.75 bits per heavy atom. The van der Waals surface area contributed by atoms with Gasteiger partial charge in [0.2, 0.25) is 15.9 Å². The van der Waals surface area contributed by atoms with Crippen molar-refractivity contribution in [1.82, 2.24) is 34.4 Å². The van der Waals surface area contributed by atoms with Gasteiger partial charge in [-0.15, -0.1) is 0 Å². The topological polar surface area (TPSA) is 169 Å². The van der Waals surface area contributed by atoms with E-state index in [0.717, 1.165) is 27.6 Å². The molecule has 0 radical (unpaired) electrons. The number of halogens is 7. The minimum Gasteiger partial charge on any atom is -0.393 e. The number of anilines is 2. The van der Waals surface area contributed by atoms with E-state index < -0.39 is 95.5 Å². The van der Waals surface area contributed by atoms with Gasteiger partial charge in [0.25, 0.3) is 12.0 Å². The fourth-order valence-corrected chi connectivity index (χ4v) is 9.19. The van der Waals surface area contributed by atoms with Gasteiger partial charge in [0.05, 0.1) is 63.3 Å². The van der Waals surface area contributed by atoms with Gasteiger partial charge in [-0.2, -0.15) is 10.2 Å². The zero-order valence-electron chi connectivity index (χ0n) is 33.6. The quantitative estimate of drug-likeness (QED) is 0.106. The van der Waals surface area contributed by atoms with Crippen molar-refractivity contribution in [3.8, 4) is 5.69 Å². The van der Waals surface area contributed by atoms with Gasteiger partial charge in [0.1, 0.15) is 36.4 Å². The fraction of sp³-hybridized carbons (Fsp3) is 0.390. The molecule has 8 rings (SSSR count). The lowest BCUT2D eigenvalue weighted by Crippen LogP contribution is -2.38. The number of piperidine rings is 1. The maximum absolute atomic E-state index is 15.0. The van der Waals surface area contributed by atoms with Gasteiger partial charge in [-0.1, -0.05) is 11.6 Å². The third-order valence-corrected chi connectivity index (χ3v) is 12.3. The number of aliphatic hydroxyl groups is 1. The summed E-state index contributed by atoms with van der Waals surface area (Å²) in [6.45, 7) is -1.97. The number of aryl methyl sites for hydroxylation is 1. The highest BCUT2D eigenvalue weighted by molar-refractivity contribution is 7.92. The van der Waals surface area contributed by atoms with Crippen LogP contribution in [0.15, 0.2) is 53.3 Å². The summed E-state index contributed by atoms with van der Waals surface area (Å²) in [6, 6.07) is 8.92. The van der Waals surface area contributed by atoms with Gasteiger partial charge >= 0.3 is 0 Å². The van der Waals surface area contributed by atoms with Gasteiger partial charge in [-0.3, -0.25) is 32.6 Å². The lowest BCUT2D eigenvalue weighted by Gasteiger charge is -2.31. The third kappa shape index (κ3) is 8.82. The summed E-state index contributed by atoms with van der Waals surface area (Å²) < 4.78 is 117. The van der Waals surface area contributed by atoms with Crippen LogP contribution in [0.3, 0.4) is 0 Å². The average Bonchev–Trinajstić information content (AvgIpc) is 3.80. The number of hydrogen-bond donors (Lipinski definition) is 3. The predicted octanol–water partition coefficient (Wildman–Crippen LogP) is 6.31. The van der Waals surface area contributed by atoms with Crippen LogP contribution in [0.25, 0.3) is 27.5 Å². The Labute approximate surface area is 360 Å². The number of alkyl halides is 4. The fourth-order valence-electron chi connectivity index (χ4n) is 8.45. The van der Waals surface area contributed by atoms with E-state index in [4.69, 9.17) is 16.6 Å². The van der Waals surface area contributed by atoms with E-state index in [-0.39, 0.29) is 67.4 Å². The van der Waals surface area contributed by atoms with Crippen molar-refractivity contribution < 1.29 is 44.7 Å². The van der Waals surface area contributed by atoms with E-state index in [9.17, 15) is 44.7 Å². The summed E-state index contributed by atoms with van der Waals surface area (Å²) in [4.78, 5) is 36.1.